The van der Waals surface area contributed by atoms with E-state index in [1.807, 2.05) is 89.6 Å². The molecule has 6 aromatic rings. The molecule has 4 atom stereocenters. The molecule has 0 radical (unpaired) electrons. The molecule has 2 fully saturated rings. The van der Waals surface area contributed by atoms with Crippen LogP contribution in [-0.4, -0.2) is 114 Å². The zero-order chi connectivity index (χ0) is 50.4. The third-order valence-electron chi connectivity index (χ3n) is 13.2. The Morgan fingerprint density at radius 1 is 0.958 bits per heavy atom. The average molecular weight is 1000 g/mol. The number of rotatable bonds is 17. The van der Waals surface area contributed by atoms with E-state index in [2.05, 4.69) is 47.6 Å². The van der Waals surface area contributed by atoms with Crippen LogP contribution in [-0.2, 0) is 23.9 Å². The molecule has 0 bridgehead atoms. The number of nitrogens with zero attached hydrogens (tertiary/aromatic N) is 8. The Morgan fingerprint density at radius 3 is 2.39 bits per heavy atom. The lowest BCUT2D eigenvalue weighted by molar-refractivity contribution is -0.144. The first kappa shape index (κ1) is 50.7. The molecule has 71 heavy (non-hydrogen) atoms. The van der Waals surface area contributed by atoms with Gasteiger partial charge < -0.3 is 36.0 Å². The SMILES string of the molecule is CNc1cc(-c2ccc3cc(C#N)cnn23)ncc1-c1nnc([C@H]2CC[C@H](NC(=O)CCOCCC(=O)N[C@H](C(=O)N3C[C@H](O)C[C@H]3C(=O)N[C@@H](C)c3ccc(-c4scnc4C)cc3)C(C)(C)C)CC2)s1. The summed E-state index contributed by atoms with van der Waals surface area (Å²) in [7, 11) is 1.85. The Kier molecular flexibility index (Phi) is 15.8. The summed E-state index contributed by atoms with van der Waals surface area (Å²) in [5.74, 6) is -1.12. The summed E-state index contributed by atoms with van der Waals surface area (Å²) >= 11 is 3.12. The van der Waals surface area contributed by atoms with Gasteiger partial charge >= 0.3 is 0 Å². The summed E-state index contributed by atoms with van der Waals surface area (Å²) in [6.07, 6.45) is 5.95. The smallest absolute Gasteiger partial charge is 0.246 e. The van der Waals surface area contributed by atoms with Crippen molar-refractivity contribution in [3.8, 4) is 38.5 Å². The standard InChI is InChI=1S/C51H60N12O6S2/c1-29(32-7-9-33(10-8-32)45-30(2)55-28-70-45)57-47(67)42-22-37(64)27-62(42)50(68)46(51(3,4)5)59-44(66)18-20-69-19-17-43(65)58-35-13-11-34(12-14-35)48-60-61-49(71-48)38-26-54-40(23-39(38)53-6)41-16-15-36-21-31(24-52)25-56-63(36)41/h7-10,15-16,21,23,25-26,28-29,34-35,37,42,46,64H,11-14,17-20,22,27H2,1-6H3,(H,53,54)(H,57,67)(H,58,65)(H,59,66)/t29-,34-,35-,37+,42-,46+/m0/s1. The fourth-order valence-corrected chi connectivity index (χ4v) is 11.0. The van der Waals surface area contributed by atoms with Crippen LogP contribution >= 0.6 is 22.7 Å². The number of fused-ring (bicyclic) bond motifs is 1. The predicted molar refractivity (Wildman–Crippen MR) is 271 cm³/mol. The number of amides is 4. The zero-order valence-corrected chi connectivity index (χ0v) is 42.4. The van der Waals surface area contributed by atoms with Gasteiger partial charge in [0.15, 0.2) is 5.01 Å². The number of nitriles is 1. The maximum Gasteiger partial charge on any atom is 0.246 e. The molecule has 1 saturated carbocycles. The molecule has 2 aliphatic rings. The Hall–Kier alpha value is -6.66. The van der Waals surface area contributed by atoms with Crippen LogP contribution in [0.5, 0.6) is 0 Å². The van der Waals surface area contributed by atoms with Crippen molar-refractivity contribution in [1.29, 1.82) is 5.26 Å². The first-order chi connectivity index (χ1) is 34.1. The number of likely N-dealkylation sites (tertiary alicyclic amines) is 1. The minimum Gasteiger partial charge on any atom is -0.391 e. The van der Waals surface area contributed by atoms with E-state index >= 15 is 0 Å². The van der Waals surface area contributed by atoms with Gasteiger partial charge in [0.1, 0.15) is 23.2 Å². The number of carbonyl (C=O) groups excluding carboxylic acids is 4. The molecule has 18 nitrogen and oxygen atoms in total. The van der Waals surface area contributed by atoms with Crippen LogP contribution in [0.25, 0.3) is 37.9 Å². The number of carbonyl (C=O) groups is 4. The van der Waals surface area contributed by atoms with Gasteiger partial charge in [0.25, 0.3) is 0 Å². The van der Waals surface area contributed by atoms with Gasteiger partial charge in [-0.2, -0.15) is 10.4 Å². The molecule has 5 aromatic heterocycles. The van der Waals surface area contributed by atoms with Gasteiger partial charge in [0, 0.05) is 56.7 Å². The third-order valence-corrected chi connectivity index (χ3v) is 15.3. The molecule has 0 spiro atoms. The molecule has 0 unspecified atom stereocenters. The van der Waals surface area contributed by atoms with E-state index < -0.39 is 35.4 Å². The van der Waals surface area contributed by atoms with Crippen molar-refractivity contribution < 1.29 is 29.0 Å². The van der Waals surface area contributed by atoms with Crippen LogP contribution in [0.1, 0.15) is 106 Å². The number of pyridine rings is 1. The second kappa shape index (κ2) is 22.2. The second-order valence-electron chi connectivity index (χ2n) is 19.3. The van der Waals surface area contributed by atoms with Crippen molar-refractivity contribution in [2.45, 2.75) is 116 Å². The lowest BCUT2D eigenvalue weighted by atomic mass is 9.85. The highest BCUT2D eigenvalue weighted by Gasteiger charge is 2.44. The number of thiazole rings is 1. The number of aromatic nitrogens is 6. The van der Waals surface area contributed by atoms with Crippen LogP contribution in [0.4, 0.5) is 5.69 Å². The summed E-state index contributed by atoms with van der Waals surface area (Å²) in [4.78, 5) is 65.4. The van der Waals surface area contributed by atoms with Crippen molar-refractivity contribution in [3.63, 3.8) is 0 Å². The van der Waals surface area contributed by atoms with Crippen molar-refractivity contribution >= 4 is 57.5 Å². The number of hydrogen-bond donors (Lipinski definition) is 5. The zero-order valence-electron chi connectivity index (χ0n) is 40.8. The van der Waals surface area contributed by atoms with Crippen LogP contribution in [0, 0.1) is 23.7 Å². The fraction of sp³-hybridized carbons (Fsp3) is 0.451. The Labute approximate surface area is 420 Å². The van der Waals surface area contributed by atoms with Crippen LogP contribution < -0.4 is 21.3 Å². The van der Waals surface area contributed by atoms with Crippen molar-refractivity contribution in [2.24, 2.45) is 5.41 Å². The quantitative estimate of drug-likeness (QED) is 0.0609. The normalized spacial score (nSPS) is 18.9. The highest BCUT2D eigenvalue weighted by atomic mass is 32.1. The Balaban J connectivity index is 0.753. The van der Waals surface area contributed by atoms with E-state index in [0.717, 1.165) is 85.6 Å². The minimum atomic E-state index is -0.968. The number of hydrogen-bond acceptors (Lipinski definition) is 15. The van der Waals surface area contributed by atoms with Gasteiger partial charge in [-0.3, -0.25) is 24.2 Å². The molecule has 1 saturated heterocycles. The number of anilines is 1. The monoisotopic (exact) mass is 1000 g/mol. The van der Waals surface area contributed by atoms with Gasteiger partial charge in [0.05, 0.1) is 75.7 Å². The maximum absolute atomic E-state index is 14.1. The van der Waals surface area contributed by atoms with Crippen molar-refractivity contribution in [3.05, 3.63) is 88.3 Å². The molecule has 20 heteroatoms. The van der Waals surface area contributed by atoms with Crippen LogP contribution in [0.15, 0.2) is 66.4 Å². The van der Waals surface area contributed by atoms with E-state index in [4.69, 9.17) is 9.72 Å². The molecule has 8 rings (SSSR count). The number of ether oxygens (including phenoxy) is 1. The van der Waals surface area contributed by atoms with Gasteiger partial charge in [-0.1, -0.05) is 56.4 Å². The first-order valence-electron chi connectivity index (χ1n) is 24.0. The molecule has 6 heterocycles. The lowest BCUT2D eigenvalue weighted by Crippen LogP contribution is -2.58. The molecule has 1 aliphatic carbocycles. The second-order valence-corrected chi connectivity index (χ2v) is 21.2. The summed E-state index contributed by atoms with van der Waals surface area (Å²) in [5, 5.41) is 47.4. The Bertz CT molecular complexity index is 2910. The number of nitrogens with one attached hydrogen (secondary N) is 4. The Morgan fingerprint density at radius 2 is 1.70 bits per heavy atom. The number of β-amino-alcohol motifs (C(OH)–C–C–N with tert-alkyl or cyclic N) is 1. The van der Waals surface area contributed by atoms with Gasteiger partial charge in [0.2, 0.25) is 23.6 Å². The van der Waals surface area contributed by atoms with Gasteiger partial charge in [-0.25, -0.2) is 9.50 Å². The van der Waals surface area contributed by atoms with Crippen LogP contribution in [0.2, 0.25) is 0 Å². The number of aliphatic hydroxyl groups excluding tert-OH is 1. The molecule has 372 valence electrons. The molecule has 1 aromatic carbocycles. The van der Waals surface area contributed by atoms with E-state index in [1.54, 1.807) is 39.5 Å². The van der Waals surface area contributed by atoms with Crippen molar-refractivity contribution in [2.75, 3.05) is 32.1 Å². The van der Waals surface area contributed by atoms with E-state index in [9.17, 15) is 29.5 Å². The van der Waals surface area contributed by atoms with Crippen LogP contribution in [0.3, 0.4) is 0 Å². The first-order valence-corrected chi connectivity index (χ1v) is 25.6. The summed E-state index contributed by atoms with van der Waals surface area (Å²) in [5.41, 5.74) is 8.51. The summed E-state index contributed by atoms with van der Waals surface area (Å²) < 4.78 is 7.46. The number of aliphatic hydroxyl groups is 1. The maximum atomic E-state index is 14.1. The summed E-state index contributed by atoms with van der Waals surface area (Å²) in [6.45, 7) is 9.51. The third kappa shape index (κ3) is 11.9. The average Bonchev–Trinajstić information content (AvgIpc) is 4.20. The predicted octanol–water partition coefficient (Wildman–Crippen LogP) is 6.57. The molecule has 1 aliphatic heterocycles. The number of benzene rings is 1. The van der Waals surface area contributed by atoms with Crippen molar-refractivity contribution in [1.82, 2.24) is 50.6 Å². The van der Waals surface area contributed by atoms with Gasteiger partial charge in [-0.15, -0.1) is 21.5 Å². The fourth-order valence-electron chi connectivity index (χ4n) is 9.20. The largest absolute Gasteiger partial charge is 0.391 e. The summed E-state index contributed by atoms with van der Waals surface area (Å²) in [6, 6.07) is 15.4. The molecule has 5 N–H and O–H groups in total. The topological polar surface area (TPSA) is 242 Å². The van der Waals surface area contributed by atoms with Gasteiger partial charge in [-0.05, 0) is 80.3 Å². The number of aryl methyl sites for hydroxylation is 1. The molecular weight excluding hydrogens is 941 g/mol. The lowest BCUT2D eigenvalue weighted by Gasteiger charge is -2.35. The van der Waals surface area contributed by atoms with E-state index in [1.165, 1.54) is 11.1 Å². The van der Waals surface area contributed by atoms with E-state index in [0.29, 0.717) is 5.56 Å². The minimum absolute atomic E-state index is 0.0271. The molecule has 4 amide bonds. The molecular formula is C51H60N12O6S2. The highest BCUT2D eigenvalue weighted by Crippen LogP contribution is 2.39. The van der Waals surface area contributed by atoms with E-state index in [-0.39, 0.29) is 68.8 Å². The highest BCUT2D eigenvalue weighted by molar-refractivity contribution is 7.14.